The van der Waals surface area contributed by atoms with Crippen LogP contribution in [0.3, 0.4) is 0 Å². The number of sulfonamides is 1. The predicted molar refractivity (Wildman–Crippen MR) is 133 cm³/mol. The fourth-order valence-electron chi connectivity index (χ4n) is 4.11. The molecule has 2 heterocycles. The fraction of sp³-hybridized carbons (Fsp3) is 0.269. The molecule has 182 valence electrons. The number of hydrogen-bond acceptors (Lipinski definition) is 5. The lowest BCUT2D eigenvalue weighted by Gasteiger charge is -2.32. The summed E-state index contributed by atoms with van der Waals surface area (Å²) in [5.74, 6) is -0.883. The largest absolute Gasteiger partial charge is 0.344 e. The molecule has 2 aromatic carbocycles. The lowest BCUT2D eigenvalue weighted by atomic mass is 9.97. The Kier molecular flexibility index (Phi) is 7.89. The molecular formula is C26H28N4O4S. The maximum Gasteiger partial charge on any atom is 0.248 e. The molecule has 0 saturated carbocycles. The minimum absolute atomic E-state index is 0.0724. The van der Waals surface area contributed by atoms with Crippen LogP contribution in [0, 0.1) is 5.92 Å². The van der Waals surface area contributed by atoms with Crippen molar-refractivity contribution in [3.63, 3.8) is 0 Å². The van der Waals surface area contributed by atoms with Crippen LogP contribution < -0.4 is 10.6 Å². The van der Waals surface area contributed by atoms with Gasteiger partial charge >= 0.3 is 0 Å². The Balaban J connectivity index is 1.48. The van der Waals surface area contributed by atoms with Crippen molar-refractivity contribution in [2.75, 3.05) is 18.4 Å². The van der Waals surface area contributed by atoms with Gasteiger partial charge in [0.05, 0.1) is 10.8 Å². The zero-order valence-electron chi connectivity index (χ0n) is 19.2. The van der Waals surface area contributed by atoms with Gasteiger partial charge in [-0.1, -0.05) is 54.6 Å². The Morgan fingerprint density at radius 1 is 0.971 bits per heavy atom. The first-order valence-corrected chi connectivity index (χ1v) is 13.0. The smallest absolute Gasteiger partial charge is 0.248 e. The van der Waals surface area contributed by atoms with E-state index in [9.17, 15) is 18.0 Å². The fourth-order valence-corrected chi connectivity index (χ4v) is 5.66. The number of piperidine rings is 1. The third-order valence-corrected chi connectivity index (χ3v) is 7.85. The van der Waals surface area contributed by atoms with E-state index in [0.29, 0.717) is 31.6 Å². The Morgan fingerprint density at radius 3 is 2.34 bits per heavy atom. The summed E-state index contributed by atoms with van der Waals surface area (Å²) in [6.07, 6.45) is 2.98. The Bertz CT molecular complexity index is 1240. The van der Waals surface area contributed by atoms with Crippen LogP contribution in [-0.4, -0.2) is 48.7 Å². The summed E-state index contributed by atoms with van der Waals surface area (Å²) in [6.45, 7) is 0.428. The summed E-state index contributed by atoms with van der Waals surface area (Å²) < 4.78 is 27.5. The molecule has 0 bridgehead atoms. The average Bonchev–Trinajstić information content (AvgIpc) is 2.90. The molecule has 8 nitrogen and oxygen atoms in total. The molecule has 1 aromatic heterocycles. The maximum absolute atomic E-state index is 13.2. The van der Waals surface area contributed by atoms with Gasteiger partial charge in [-0.3, -0.25) is 9.59 Å². The van der Waals surface area contributed by atoms with Crippen molar-refractivity contribution < 1.29 is 18.0 Å². The van der Waals surface area contributed by atoms with Crippen molar-refractivity contribution in [2.45, 2.75) is 30.2 Å². The van der Waals surface area contributed by atoms with E-state index in [1.54, 1.807) is 54.7 Å². The van der Waals surface area contributed by atoms with Gasteiger partial charge in [-0.25, -0.2) is 13.4 Å². The number of pyridine rings is 1. The lowest BCUT2D eigenvalue weighted by Crippen LogP contribution is -2.51. The highest BCUT2D eigenvalue weighted by atomic mass is 32.2. The van der Waals surface area contributed by atoms with Crippen molar-refractivity contribution in [3.8, 4) is 0 Å². The third-order valence-electron chi connectivity index (χ3n) is 5.97. The van der Waals surface area contributed by atoms with E-state index in [-0.39, 0.29) is 23.3 Å². The van der Waals surface area contributed by atoms with E-state index < -0.39 is 22.0 Å². The van der Waals surface area contributed by atoms with E-state index in [0.717, 1.165) is 5.56 Å². The number of nitrogens with zero attached hydrogens (tertiary/aromatic N) is 2. The second-order valence-corrected chi connectivity index (χ2v) is 10.4. The second-order valence-electron chi connectivity index (χ2n) is 8.47. The molecule has 3 aromatic rings. The van der Waals surface area contributed by atoms with Crippen molar-refractivity contribution in [1.29, 1.82) is 0 Å². The summed E-state index contributed by atoms with van der Waals surface area (Å²) >= 11 is 0. The van der Waals surface area contributed by atoms with Gasteiger partial charge < -0.3 is 10.6 Å². The summed E-state index contributed by atoms with van der Waals surface area (Å²) in [7, 11) is -3.70. The summed E-state index contributed by atoms with van der Waals surface area (Å²) in [5.41, 5.74) is 0.894. The number of amides is 2. The van der Waals surface area contributed by atoms with E-state index in [1.807, 2.05) is 30.3 Å². The molecule has 1 saturated heterocycles. The monoisotopic (exact) mass is 492 g/mol. The van der Waals surface area contributed by atoms with E-state index in [2.05, 4.69) is 15.6 Å². The van der Waals surface area contributed by atoms with Gasteiger partial charge in [-0.05, 0) is 42.7 Å². The van der Waals surface area contributed by atoms with Crippen LogP contribution in [-0.2, 0) is 26.0 Å². The highest BCUT2D eigenvalue weighted by molar-refractivity contribution is 7.89. The van der Waals surface area contributed by atoms with Crippen molar-refractivity contribution in [1.82, 2.24) is 14.6 Å². The summed E-state index contributed by atoms with van der Waals surface area (Å²) in [4.78, 5) is 30.6. The Hall–Kier alpha value is -3.56. The highest BCUT2D eigenvalue weighted by Gasteiger charge is 2.34. The minimum atomic E-state index is -3.70. The standard InChI is InChI=1S/C26H28N4O4S/c31-25(21-12-9-17-30(19-21)35(33,34)22-13-5-2-6-14-22)28-23(18-20-10-3-1-4-11-20)26(32)29-24-15-7-8-16-27-24/h1-8,10-11,13-16,21,23H,9,12,17-19H2,(H,28,31)(H,27,29,32)/t21?,23-/m0/s1. The Labute approximate surface area is 205 Å². The average molecular weight is 493 g/mol. The van der Waals surface area contributed by atoms with Gasteiger partial charge in [0.15, 0.2) is 0 Å². The number of nitrogens with one attached hydrogen (secondary N) is 2. The molecule has 1 aliphatic rings. The number of benzene rings is 2. The topological polar surface area (TPSA) is 108 Å². The number of anilines is 1. The second kappa shape index (κ2) is 11.2. The van der Waals surface area contributed by atoms with E-state index in [1.165, 1.54) is 4.31 Å². The van der Waals surface area contributed by atoms with Crippen LogP contribution >= 0.6 is 0 Å². The molecule has 4 rings (SSSR count). The normalized spacial score (nSPS) is 17.3. The first kappa shape index (κ1) is 24.6. The quantitative estimate of drug-likeness (QED) is 0.503. The number of rotatable bonds is 8. The molecule has 0 spiro atoms. The molecule has 2 atom stereocenters. The minimum Gasteiger partial charge on any atom is -0.344 e. The van der Waals surface area contributed by atoms with Gasteiger partial charge in [0.1, 0.15) is 11.9 Å². The number of hydrogen-bond donors (Lipinski definition) is 2. The molecule has 0 radical (unpaired) electrons. The predicted octanol–water partition coefficient (Wildman–Crippen LogP) is 2.85. The number of aromatic nitrogens is 1. The lowest BCUT2D eigenvalue weighted by molar-refractivity contribution is -0.130. The highest BCUT2D eigenvalue weighted by Crippen LogP contribution is 2.24. The molecule has 2 N–H and O–H groups in total. The van der Waals surface area contributed by atoms with Crippen LogP contribution in [0.4, 0.5) is 5.82 Å². The van der Waals surface area contributed by atoms with E-state index in [4.69, 9.17) is 0 Å². The van der Waals surface area contributed by atoms with Crippen molar-refractivity contribution in [2.24, 2.45) is 5.92 Å². The van der Waals surface area contributed by atoms with Crippen LogP contribution in [0.15, 0.2) is 90.0 Å². The van der Waals surface area contributed by atoms with Gasteiger partial charge in [0.2, 0.25) is 21.8 Å². The third kappa shape index (κ3) is 6.32. The molecule has 35 heavy (non-hydrogen) atoms. The van der Waals surface area contributed by atoms with Crippen molar-refractivity contribution in [3.05, 3.63) is 90.6 Å². The van der Waals surface area contributed by atoms with Gasteiger partial charge in [-0.15, -0.1) is 0 Å². The molecule has 2 amide bonds. The first-order chi connectivity index (χ1) is 16.9. The molecule has 9 heteroatoms. The summed E-state index contributed by atoms with van der Waals surface area (Å²) in [6, 6.07) is 22.0. The van der Waals surface area contributed by atoms with Crippen LogP contribution in [0.1, 0.15) is 18.4 Å². The molecule has 1 unspecified atom stereocenters. The van der Waals surface area contributed by atoms with Crippen LogP contribution in [0.25, 0.3) is 0 Å². The maximum atomic E-state index is 13.2. The molecule has 0 aliphatic carbocycles. The zero-order valence-corrected chi connectivity index (χ0v) is 20.0. The van der Waals surface area contributed by atoms with Crippen molar-refractivity contribution >= 4 is 27.7 Å². The van der Waals surface area contributed by atoms with Gasteiger partial charge in [0.25, 0.3) is 0 Å². The zero-order chi connectivity index (χ0) is 24.7. The van der Waals surface area contributed by atoms with Gasteiger partial charge in [0, 0.05) is 25.7 Å². The molecule has 1 fully saturated rings. The Morgan fingerprint density at radius 2 is 1.66 bits per heavy atom. The summed E-state index contributed by atoms with van der Waals surface area (Å²) in [5, 5.41) is 5.62. The SMILES string of the molecule is O=C(N[C@@H](Cc1ccccc1)C(=O)Nc1ccccn1)C1CCCN(S(=O)(=O)c2ccccc2)C1. The number of carbonyl (C=O) groups excluding carboxylic acids is 2. The van der Waals surface area contributed by atoms with Crippen LogP contribution in [0.5, 0.6) is 0 Å². The number of carbonyl (C=O) groups is 2. The molecule has 1 aliphatic heterocycles. The molecular weight excluding hydrogens is 464 g/mol. The van der Waals surface area contributed by atoms with E-state index >= 15 is 0 Å². The van der Waals surface area contributed by atoms with Crippen LogP contribution in [0.2, 0.25) is 0 Å². The first-order valence-electron chi connectivity index (χ1n) is 11.5. The van der Waals surface area contributed by atoms with Gasteiger partial charge in [-0.2, -0.15) is 4.31 Å².